The number of piperidine rings is 1. The summed E-state index contributed by atoms with van der Waals surface area (Å²) in [4.78, 5) is 19.5. The number of nitrogens with one attached hydrogen (secondary N) is 1. The summed E-state index contributed by atoms with van der Waals surface area (Å²) in [6, 6.07) is 5.72. The molecule has 0 amide bonds. The lowest BCUT2D eigenvalue weighted by molar-refractivity contribution is -0.570. The summed E-state index contributed by atoms with van der Waals surface area (Å²) < 4.78 is 55.0. The number of hydrogen-bond donors (Lipinski definition) is 1. The molecule has 1 spiro atoms. The van der Waals surface area contributed by atoms with Gasteiger partial charge < -0.3 is 24.4 Å². The summed E-state index contributed by atoms with van der Waals surface area (Å²) in [6.45, 7) is 8.03. The number of fused-ring (bicyclic) bond motifs is 2. The second-order valence-electron chi connectivity index (χ2n) is 12.0. The van der Waals surface area contributed by atoms with Crippen molar-refractivity contribution in [1.29, 1.82) is 0 Å². The minimum absolute atomic E-state index is 0.0371. The second kappa shape index (κ2) is 10.1. The quantitative estimate of drug-likeness (QED) is 0.278. The van der Waals surface area contributed by atoms with E-state index in [2.05, 4.69) is 28.8 Å². The van der Waals surface area contributed by atoms with Crippen molar-refractivity contribution in [1.82, 2.24) is 4.90 Å². The van der Waals surface area contributed by atoms with Gasteiger partial charge >= 0.3 is 6.36 Å². The molecule has 216 valence electrons. The number of hydrogen-bond acceptors (Lipinski definition) is 6. The molecule has 0 unspecified atom stereocenters. The van der Waals surface area contributed by atoms with Crippen LogP contribution in [0.2, 0.25) is 0 Å². The van der Waals surface area contributed by atoms with Crippen molar-refractivity contribution in [2.24, 2.45) is 28.7 Å². The van der Waals surface area contributed by atoms with Gasteiger partial charge in [0.25, 0.3) is 0 Å². The smallest absolute Gasteiger partial charge is 0.406 e. The summed E-state index contributed by atoms with van der Waals surface area (Å²) >= 11 is 0. The van der Waals surface area contributed by atoms with Gasteiger partial charge in [0.2, 0.25) is 11.7 Å². The van der Waals surface area contributed by atoms with E-state index in [0.717, 1.165) is 58.0 Å². The van der Waals surface area contributed by atoms with Crippen LogP contribution in [0.1, 0.15) is 65.7 Å². The Bertz CT molecular complexity index is 1070. The van der Waals surface area contributed by atoms with Gasteiger partial charge in [-0.1, -0.05) is 13.8 Å². The Kier molecular flexibility index (Phi) is 7.01. The normalized spacial score (nSPS) is 40.6. The fourth-order valence-electron chi connectivity index (χ4n) is 7.32. The molecule has 1 aromatic rings. The zero-order valence-electron chi connectivity index (χ0n) is 22.7. The van der Waals surface area contributed by atoms with E-state index in [9.17, 15) is 13.2 Å². The molecule has 2 bridgehead atoms. The second-order valence-corrected chi connectivity index (χ2v) is 12.0. The minimum Gasteiger partial charge on any atom is -0.406 e. The Morgan fingerprint density at radius 1 is 1.03 bits per heavy atom. The molecule has 39 heavy (non-hydrogen) atoms. The first-order valence-electron chi connectivity index (χ1n) is 14.2. The summed E-state index contributed by atoms with van der Waals surface area (Å²) in [5, 5.41) is 3.36. The number of anilines is 1. The molecule has 8 nitrogen and oxygen atoms in total. The monoisotopic (exact) mass is 553 g/mol. The van der Waals surface area contributed by atoms with E-state index < -0.39 is 30.3 Å². The molecule has 1 aromatic carbocycles. The van der Waals surface area contributed by atoms with Crippen LogP contribution in [0.5, 0.6) is 5.75 Å². The van der Waals surface area contributed by atoms with E-state index in [-0.39, 0.29) is 23.5 Å². The van der Waals surface area contributed by atoms with Crippen LogP contribution < -0.4 is 10.1 Å². The topological polar surface area (TPSA) is 73.8 Å². The maximum Gasteiger partial charge on any atom is 0.573 e. The van der Waals surface area contributed by atoms with Crippen molar-refractivity contribution in [3.63, 3.8) is 0 Å². The summed E-state index contributed by atoms with van der Waals surface area (Å²) in [6.07, 6.45) is 1.21. The van der Waals surface area contributed by atoms with E-state index in [0.29, 0.717) is 17.6 Å². The lowest BCUT2D eigenvalue weighted by Crippen LogP contribution is -2.70. The fraction of sp³-hybridized carbons (Fsp3) is 0.750. The van der Waals surface area contributed by atoms with Crippen LogP contribution in [0.3, 0.4) is 0 Å². The standard InChI is InChI=1S/C28H38F3N3O5/c1-17-7-12-22-18(2)23(35-24-27(22)21(17)13-14-26(3,37-24)38-39-27)33-25(34-15-5-4-6-16-34)32-19-8-10-20(11-9-19)36-28(29,30)31/h8-11,17-18,21-24H,4-7,12-16H2,1-3H3,(H,32,33)/t17-,18-,21+,22+,23+,24-,26-,27-/m1/s1. The Hall–Kier alpha value is -2.08. The molecule has 0 aromatic heterocycles. The van der Waals surface area contributed by atoms with Crippen LogP contribution in [-0.2, 0) is 19.2 Å². The van der Waals surface area contributed by atoms with Crippen molar-refractivity contribution in [2.45, 2.75) is 96.0 Å². The molecular weight excluding hydrogens is 515 g/mol. The molecule has 7 rings (SSSR count). The van der Waals surface area contributed by atoms with Crippen LogP contribution in [0.25, 0.3) is 0 Å². The van der Waals surface area contributed by atoms with E-state index >= 15 is 0 Å². The third kappa shape index (κ3) is 5.11. The number of aliphatic imine (C=N–C) groups is 1. The zero-order valence-corrected chi connectivity index (χ0v) is 22.7. The zero-order chi connectivity index (χ0) is 27.4. The highest BCUT2D eigenvalue weighted by Crippen LogP contribution is 2.60. The predicted octanol–water partition coefficient (Wildman–Crippen LogP) is 6.05. The van der Waals surface area contributed by atoms with Gasteiger partial charge in [0.1, 0.15) is 5.75 Å². The van der Waals surface area contributed by atoms with Crippen LogP contribution in [0, 0.1) is 23.7 Å². The van der Waals surface area contributed by atoms with Gasteiger partial charge in [-0.15, -0.1) is 13.2 Å². The van der Waals surface area contributed by atoms with E-state index in [1.165, 1.54) is 12.1 Å². The number of benzene rings is 1. The average molecular weight is 554 g/mol. The van der Waals surface area contributed by atoms with Crippen LogP contribution in [-0.4, -0.2) is 54.2 Å². The number of halogens is 3. The summed E-state index contributed by atoms with van der Waals surface area (Å²) in [5.41, 5.74) is -0.0408. The number of alkyl halides is 3. The van der Waals surface area contributed by atoms with Gasteiger partial charge in [0.15, 0.2) is 18.1 Å². The van der Waals surface area contributed by atoms with Gasteiger partial charge in [-0.05, 0) is 81.5 Å². The fourth-order valence-corrected chi connectivity index (χ4v) is 7.32. The first-order chi connectivity index (χ1) is 18.6. The first-order valence-corrected chi connectivity index (χ1v) is 14.2. The number of rotatable bonds is 3. The Morgan fingerprint density at radius 2 is 1.77 bits per heavy atom. The number of guanidine groups is 1. The molecule has 6 aliphatic rings. The summed E-state index contributed by atoms with van der Waals surface area (Å²) in [5.74, 6) is 0.453. The Balaban J connectivity index is 1.29. The van der Waals surface area contributed by atoms with Crippen molar-refractivity contribution < 1.29 is 37.2 Å². The average Bonchev–Trinajstić information content (AvgIpc) is 3.13. The van der Waals surface area contributed by atoms with Crippen molar-refractivity contribution in [3.05, 3.63) is 24.3 Å². The van der Waals surface area contributed by atoms with Gasteiger partial charge in [-0.25, -0.2) is 14.8 Å². The highest BCUT2D eigenvalue weighted by molar-refractivity contribution is 5.93. The molecule has 1 aliphatic carbocycles. The lowest BCUT2D eigenvalue weighted by Gasteiger charge is -2.59. The molecule has 5 saturated heterocycles. The third-order valence-corrected chi connectivity index (χ3v) is 9.37. The molecule has 1 N–H and O–H groups in total. The van der Waals surface area contributed by atoms with E-state index in [4.69, 9.17) is 24.2 Å². The highest BCUT2D eigenvalue weighted by atomic mass is 19.4. The maximum absolute atomic E-state index is 12.6. The van der Waals surface area contributed by atoms with Crippen LogP contribution in [0.4, 0.5) is 18.9 Å². The minimum atomic E-state index is -4.73. The van der Waals surface area contributed by atoms with Crippen molar-refractivity contribution in [3.8, 4) is 5.75 Å². The molecular formula is C28H38F3N3O5. The van der Waals surface area contributed by atoms with Gasteiger partial charge in [0, 0.05) is 37.0 Å². The van der Waals surface area contributed by atoms with E-state index in [1.807, 2.05) is 6.92 Å². The van der Waals surface area contributed by atoms with Crippen LogP contribution in [0.15, 0.2) is 29.3 Å². The van der Waals surface area contributed by atoms with E-state index in [1.54, 1.807) is 12.1 Å². The van der Waals surface area contributed by atoms with Gasteiger partial charge in [0.05, 0.1) is 0 Å². The maximum atomic E-state index is 12.6. The third-order valence-electron chi connectivity index (χ3n) is 9.37. The molecule has 0 radical (unpaired) electrons. The van der Waals surface area contributed by atoms with Crippen molar-refractivity contribution in [2.75, 3.05) is 18.4 Å². The SMILES string of the molecule is C[C@H]1[C@@H](/N=C(\Nc2ccc(OC(F)(F)F)cc2)N2CCCCC2)O[C@@H]2O[C@@]3(C)CC[C@H]4[C@H](C)CC[C@@H]1[C@@]24OO3. The first kappa shape index (κ1) is 27.1. The molecule has 11 heteroatoms. The number of ether oxygens (including phenoxy) is 3. The summed E-state index contributed by atoms with van der Waals surface area (Å²) in [7, 11) is 0. The lowest BCUT2D eigenvalue weighted by atomic mass is 9.58. The van der Waals surface area contributed by atoms with Crippen LogP contribution >= 0.6 is 0 Å². The molecule has 6 fully saturated rings. The number of likely N-dealkylation sites (tertiary alicyclic amines) is 1. The predicted molar refractivity (Wildman–Crippen MR) is 136 cm³/mol. The molecule has 1 saturated carbocycles. The molecule has 8 atom stereocenters. The van der Waals surface area contributed by atoms with Gasteiger partial charge in [-0.2, -0.15) is 0 Å². The molecule has 5 aliphatic heterocycles. The Morgan fingerprint density at radius 3 is 2.49 bits per heavy atom. The largest absolute Gasteiger partial charge is 0.573 e. The van der Waals surface area contributed by atoms with Crippen molar-refractivity contribution >= 4 is 11.6 Å². The number of nitrogens with zero attached hydrogens (tertiary/aromatic N) is 2. The highest BCUT2D eigenvalue weighted by Gasteiger charge is 2.69. The van der Waals surface area contributed by atoms with Gasteiger partial charge in [-0.3, -0.25) is 0 Å². The Labute approximate surface area is 227 Å². The molecule has 5 heterocycles.